The topological polar surface area (TPSA) is 599 Å². The Kier molecular flexibility index (Phi) is 29.6. The first-order valence-corrected chi connectivity index (χ1v) is 30.8. The van der Waals surface area contributed by atoms with E-state index < -0.39 is 265 Å². The molecular weight excluding hydrogens is 1280 g/mol. The van der Waals surface area contributed by atoms with Crippen LogP contribution < -0.4 is 5.32 Å². The highest BCUT2D eigenvalue weighted by Crippen LogP contribution is 2.44. The van der Waals surface area contributed by atoms with E-state index >= 15 is 0 Å². The second-order valence-corrected chi connectivity index (χ2v) is 24.4. The van der Waals surface area contributed by atoms with Gasteiger partial charge in [-0.25, -0.2) is 9.59 Å². The number of carboxylic acids is 2. The summed E-state index contributed by atoms with van der Waals surface area (Å²) in [6.07, 6.45) is -57.2. The first-order chi connectivity index (χ1) is 43.8. The van der Waals surface area contributed by atoms with E-state index in [9.17, 15) is 121 Å². The van der Waals surface area contributed by atoms with E-state index in [0.717, 1.165) is 12.0 Å². The normalized spacial score (nSPS) is 43.1. The quantitative estimate of drug-likeness (QED) is 0.0169. The van der Waals surface area contributed by atoms with Crippen LogP contribution in [0.15, 0.2) is 0 Å². The molecule has 1 amide bonds. The molecule has 6 saturated heterocycles. The van der Waals surface area contributed by atoms with Gasteiger partial charge >= 0.3 is 11.9 Å². The highest BCUT2D eigenvalue weighted by molar-refractivity contribution is 7.80. The number of hydroxylamine groups is 2. The van der Waals surface area contributed by atoms with Gasteiger partial charge < -0.3 is 160 Å². The van der Waals surface area contributed by atoms with Gasteiger partial charge in [-0.2, -0.15) is 17.7 Å². The summed E-state index contributed by atoms with van der Waals surface area (Å²) in [4.78, 5) is 57.8. The van der Waals surface area contributed by atoms with Gasteiger partial charge in [0.1, 0.15) is 128 Å². The van der Waals surface area contributed by atoms with Gasteiger partial charge in [-0.3, -0.25) is 14.4 Å². The molecule has 0 aromatic rings. The number of aliphatic hydroxyl groups excluding tert-OH is 18. The van der Waals surface area contributed by atoms with Crippen LogP contribution in [0.1, 0.15) is 59.3 Å². The lowest BCUT2D eigenvalue weighted by atomic mass is 9.84. The summed E-state index contributed by atoms with van der Waals surface area (Å²) in [6, 6.07) is -2.05. The number of carboxylic acid groups (broad SMARTS) is 2. The van der Waals surface area contributed by atoms with Gasteiger partial charge in [-0.15, -0.1) is 0 Å². The Labute approximate surface area is 536 Å². The number of aliphatic carboxylic acids is 2. The molecule has 0 bridgehead atoms. The van der Waals surface area contributed by atoms with Crippen molar-refractivity contribution in [3.05, 3.63) is 0 Å². The Bertz CT molecular complexity index is 2360. The van der Waals surface area contributed by atoms with Crippen molar-refractivity contribution in [2.45, 2.75) is 242 Å². The number of nitrogens with one attached hydrogen (secondary N) is 1. The molecule has 21 N–H and O–H groups in total. The summed E-state index contributed by atoms with van der Waals surface area (Å²) >= 11 is 4.10. The number of hydrogen-bond acceptors (Lipinski definition) is 36. The lowest BCUT2D eigenvalue weighted by Crippen LogP contribution is -2.71. The average molecular weight is 1380 g/mol. The zero-order valence-corrected chi connectivity index (χ0v) is 52.0. The molecule has 6 rings (SSSR count). The van der Waals surface area contributed by atoms with Crippen molar-refractivity contribution in [1.29, 1.82) is 0 Å². The molecule has 0 aliphatic carbocycles. The summed E-state index contributed by atoms with van der Waals surface area (Å²) in [5, 5.41) is 223. The highest BCUT2D eigenvalue weighted by atomic mass is 32.1. The Hall–Kier alpha value is -2.81. The number of ether oxygens (including phenoxy) is 11. The second-order valence-electron chi connectivity index (χ2n) is 23.9. The van der Waals surface area contributed by atoms with E-state index in [1.54, 1.807) is 0 Å². The average Bonchev–Trinajstić information content (AvgIpc) is 0.764. The molecule has 540 valence electrons. The zero-order chi connectivity index (χ0) is 69.3. The molecule has 0 aromatic heterocycles. The minimum absolute atomic E-state index is 0.0532. The van der Waals surface area contributed by atoms with Gasteiger partial charge in [0.15, 0.2) is 25.1 Å². The number of nitrogens with zero attached hydrogens (tertiary/aromatic N) is 1. The molecule has 0 spiro atoms. The van der Waals surface area contributed by atoms with E-state index in [0.29, 0.717) is 18.6 Å². The van der Waals surface area contributed by atoms with Crippen LogP contribution in [0.5, 0.6) is 0 Å². The van der Waals surface area contributed by atoms with Crippen molar-refractivity contribution in [3.8, 4) is 0 Å². The molecular formula is C54H92N2O36S. The minimum atomic E-state index is -3.28. The minimum Gasteiger partial charge on any atom is -0.477 e. The van der Waals surface area contributed by atoms with Crippen molar-refractivity contribution in [1.82, 2.24) is 10.4 Å². The smallest absolute Gasteiger partial charge is 0.364 e. The SMILES string of the molecule is CC(=O)NC1[C@H](O[C@H]2C(CO)O[C@@H](O[C@@H]3C(CO)O[C@@H](N(C)OCCCC(=O)CCCS)C(O)[C@H]3O)C(O)[C@H]2O[C@]2(C(=O)O)CC(O)[C@@H](C)[C@H]([C@H](O)[C@H](O)CO)O2)OC(CO)[C@H](O)[C@@H]1O[C@@H]1OC(CO)[C@H](O)[C@H](O[C@]2(C(=O)O)CC(O)[C@@H](C)[C@H]([C@H](O)[C@H](O)CO)O2)C1O. The zero-order valence-electron chi connectivity index (χ0n) is 51.1. The molecule has 6 heterocycles. The van der Waals surface area contributed by atoms with Crippen LogP contribution in [0.2, 0.25) is 0 Å². The number of likely N-dealkylation sites (N-methyl/N-ethyl adjacent to an activating group) is 1. The number of Topliss-reactive ketones (excluding diaryl/α,β-unsaturated/α-hetero) is 1. The fourth-order valence-corrected chi connectivity index (χ4v) is 12.1. The Balaban J connectivity index is 1.37. The van der Waals surface area contributed by atoms with Gasteiger partial charge in [-0.1, -0.05) is 13.8 Å². The van der Waals surface area contributed by atoms with Crippen molar-refractivity contribution >= 4 is 36.3 Å². The highest BCUT2D eigenvalue weighted by Gasteiger charge is 2.63. The van der Waals surface area contributed by atoms with E-state index in [2.05, 4.69) is 17.9 Å². The van der Waals surface area contributed by atoms with Crippen LogP contribution in [-0.2, 0) is 76.1 Å². The van der Waals surface area contributed by atoms with Gasteiger partial charge in [0, 0.05) is 51.5 Å². The first-order valence-electron chi connectivity index (χ1n) is 30.2. The summed E-state index contributed by atoms with van der Waals surface area (Å²) < 4.78 is 65.5. The predicted octanol–water partition coefficient (Wildman–Crippen LogP) is -11.1. The summed E-state index contributed by atoms with van der Waals surface area (Å²) in [7, 11) is 1.30. The maximum atomic E-state index is 13.6. The molecule has 10 unspecified atom stereocenters. The number of amides is 1. The molecule has 0 radical (unpaired) electrons. The Morgan fingerprint density at radius 3 is 1.46 bits per heavy atom. The second kappa shape index (κ2) is 34.8. The lowest BCUT2D eigenvalue weighted by Gasteiger charge is -2.53. The van der Waals surface area contributed by atoms with Gasteiger partial charge in [-0.05, 0) is 18.6 Å². The van der Waals surface area contributed by atoms with Crippen LogP contribution in [-0.4, -0.2) is 373 Å². The van der Waals surface area contributed by atoms with Crippen LogP contribution in [0.3, 0.4) is 0 Å². The van der Waals surface area contributed by atoms with E-state index in [1.165, 1.54) is 20.9 Å². The number of carbonyl (C=O) groups is 4. The van der Waals surface area contributed by atoms with Gasteiger partial charge in [0.2, 0.25) is 5.91 Å². The van der Waals surface area contributed by atoms with Crippen LogP contribution in [0, 0.1) is 11.8 Å². The summed E-state index contributed by atoms with van der Waals surface area (Å²) in [6.45, 7) is -3.43. The molecule has 6 fully saturated rings. The van der Waals surface area contributed by atoms with Crippen molar-refractivity contribution in [2.75, 3.05) is 59.0 Å². The summed E-state index contributed by atoms with van der Waals surface area (Å²) in [5.41, 5.74) is 0. The predicted molar refractivity (Wildman–Crippen MR) is 300 cm³/mol. The number of thiol groups is 1. The molecule has 6 aliphatic rings. The molecule has 6 aliphatic heterocycles. The van der Waals surface area contributed by atoms with Crippen molar-refractivity contribution < 1.29 is 178 Å². The van der Waals surface area contributed by atoms with Crippen molar-refractivity contribution in [3.63, 3.8) is 0 Å². The molecule has 38 nitrogen and oxygen atoms in total. The molecule has 32 atom stereocenters. The molecule has 0 saturated carbocycles. The summed E-state index contributed by atoms with van der Waals surface area (Å²) in [5.74, 6) is -13.5. The third kappa shape index (κ3) is 18.0. The van der Waals surface area contributed by atoms with Crippen LogP contribution in [0.25, 0.3) is 0 Å². The third-order valence-corrected chi connectivity index (χ3v) is 17.7. The number of rotatable bonds is 32. The number of hydrogen-bond donors (Lipinski definition) is 22. The molecule has 39 heteroatoms. The van der Waals surface area contributed by atoms with Crippen LogP contribution >= 0.6 is 12.6 Å². The Morgan fingerprint density at radius 2 is 0.989 bits per heavy atom. The Morgan fingerprint density at radius 1 is 0.559 bits per heavy atom. The maximum absolute atomic E-state index is 13.6. The van der Waals surface area contributed by atoms with Gasteiger partial charge in [0.25, 0.3) is 11.6 Å². The third-order valence-electron chi connectivity index (χ3n) is 17.4. The number of ketones is 1. The number of carbonyl (C=O) groups excluding carboxylic acids is 2. The largest absolute Gasteiger partial charge is 0.477 e. The molecule has 93 heavy (non-hydrogen) atoms. The molecule has 0 aromatic carbocycles. The van der Waals surface area contributed by atoms with Crippen molar-refractivity contribution in [2.24, 2.45) is 11.8 Å². The lowest BCUT2D eigenvalue weighted by molar-refractivity contribution is -0.406. The first kappa shape index (κ1) is 79.2. The van der Waals surface area contributed by atoms with E-state index in [1.807, 2.05) is 0 Å². The number of aliphatic hydroxyl groups is 18. The standard InChI is InChI=1S/C54H92N2O36S/c1-19-23(65)11-53(51(77)78,89-40(19)32(69)25(67)13-57)91-45-35(72)28(16-60)84-49(38(45)75)88-44-31(55-21(3)63)48(83-27(15-59)34(44)71)87-43-30(18-62)85-50(39(76)46(43)92-54(52(79)80)12-24(66)20(2)41(90-54)33(70)26(68)14-58)86-42-29(17-61)82-47(37(74)36(42)73)56(4)81-9-5-7-22(64)8-6-10-93/h19-20,23-50,57-62,65-76,93H,5-18H2,1-4H3,(H,55,63)(H,77,78)(H,79,80)/t19-,20-,23?,24?,25-,26-,27?,28?,29?,30?,31?,32-,33-,34+,35+,36-,37?,38?,39?,40-,41-,42-,43+,44-,45+,46-,47-,48+,49+,50+,53+,54+/m1/s1. The monoisotopic (exact) mass is 1380 g/mol. The fourth-order valence-electron chi connectivity index (χ4n) is 11.9. The van der Waals surface area contributed by atoms with Crippen LogP contribution in [0.4, 0.5) is 0 Å². The van der Waals surface area contributed by atoms with E-state index in [-0.39, 0.29) is 25.2 Å². The van der Waals surface area contributed by atoms with Gasteiger partial charge in [0.05, 0.1) is 70.7 Å². The van der Waals surface area contributed by atoms with E-state index in [4.69, 9.17) is 56.9 Å². The fraction of sp³-hybridized carbons (Fsp3) is 0.926. The maximum Gasteiger partial charge on any atom is 0.364 e.